The van der Waals surface area contributed by atoms with E-state index in [9.17, 15) is 14.7 Å². The number of aliphatic hydroxyl groups excluding tert-OH is 1. The lowest BCUT2D eigenvalue weighted by atomic mass is 9.82. The number of nitrogens with zero attached hydrogens (tertiary/aromatic N) is 1. The standard InChI is InChI=1S/C16H18N2O3/c1-18(9-10-6-11(19)7-10)16(21)13-8-15(20)17-14-5-3-2-4-12(13)14/h2-5,8,10-11,19H,6-7,9H2,1H3,(H,17,20). The lowest BCUT2D eigenvalue weighted by Crippen LogP contribution is -2.39. The Bertz CT molecular complexity index is 732. The first-order valence-corrected chi connectivity index (χ1v) is 7.10. The molecule has 0 radical (unpaired) electrons. The van der Waals surface area contributed by atoms with Gasteiger partial charge in [-0.05, 0) is 24.8 Å². The zero-order chi connectivity index (χ0) is 15.0. The second-order valence-electron chi connectivity index (χ2n) is 5.77. The van der Waals surface area contributed by atoms with Crippen molar-refractivity contribution in [3.8, 4) is 0 Å². The molecule has 2 N–H and O–H groups in total. The molecule has 21 heavy (non-hydrogen) atoms. The predicted molar refractivity (Wildman–Crippen MR) is 80.3 cm³/mol. The van der Waals surface area contributed by atoms with Gasteiger partial charge in [-0.1, -0.05) is 18.2 Å². The summed E-state index contributed by atoms with van der Waals surface area (Å²) in [4.78, 5) is 28.7. The van der Waals surface area contributed by atoms with Crippen LogP contribution in [-0.2, 0) is 0 Å². The fourth-order valence-electron chi connectivity index (χ4n) is 2.91. The van der Waals surface area contributed by atoms with Crippen LogP contribution in [0.5, 0.6) is 0 Å². The molecular formula is C16H18N2O3. The molecule has 5 nitrogen and oxygen atoms in total. The Morgan fingerprint density at radius 3 is 2.81 bits per heavy atom. The minimum absolute atomic E-state index is 0.154. The van der Waals surface area contributed by atoms with Gasteiger partial charge in [0, 0.05) is 30.6 Å². The summed E-state index contributed by atoms with van der Waals surface area (Å²) in [7, 11) is 1.74. The third-order valence-electron chi connectivity index (χ3n) is 4.07. The van der Waals surface area contributed by atoms with Crippen LogP contribution in [0.4, 0.5) is 0 Å². The average Bonchev–Trinajstić information content (AvgIpc) is 2.43. The molecule has 110 valence electrons. The predicted octanol–water partition coefficient (Wildman–Crippen LogP) is 1.37. The van der Waals surface area contributed by atoms with E-state index >= 15 is 0 Å². The van der Waals surface area contributed by atoms with Crippen molar-refractivity contribution in [2.45, 2.75) is 18.9 Å². The number of nitrogens with one attached hydrogen (secondary N) is 1. The Morgan fingerprint density at radius 2 is 2.10 bits per heavy atom. The van der Waals surface area contributed by atoms with E-state index in [1.165, 1.54) is 6.07 Å². The number of para-hydroxylation sites is 1. The molecule has 0 atom stereocenters. The summed E-state index contributed by atoms with van der Waals surface area (Å²) in [5, 5.41) is 10.1. The van der Waals surface area contributed by atoms with Crippen LogP contribution >= 0.6 is 0 Å². The summed E-state index contributed by atoms with van der Waals surface area (Å²) in [5.74, 6) is 0.195. The van der Waals surface area contributed by atoms with Gasteiger partial charge in [0.15, 0.2) is 0 Å². The number of hydrogen-bond donors (Lipinski definition) is 2. The number of hydrogen-bond acceptors (Lipinski definition) is 3. The zero-order valence-electron chi connectivity index (χ0n) is 11.9. The average molecular weight is 286 g/mol. The Kier molecular flexibility index (Phi) is 3.51. The smallest absolute Gasteiger partial charge is 0.254 e. The summed E-state index contributed by atoms with van der Waals surface area (Å²) in [6.45, 7) is 0.608. The van der Waals surface area contributed by atoms with Gasteiger partial charge in [-0.15, -0.1) is 0 Å². The molecule has 1 aromatic heterocycles. The van der Waals surface area contributed by atoms with Gasteiger partial charge in [-0.25, -0.2) is 0 Å². The van der Waals surface area contributed by atoms with Crippen LogP contribution in [0.2, 0.25) is 0 Å². The molecule has 0 spiro atoms. The summed E-state index contributed by atoms with van der Waals surface area (Å²) in [6, 6.07) is 8.65. The Hall–Kier alpha value is -2.14. The molecule has 0 bridgehead atoms. The van der Waals surface area contributed by atoms with Gasteiger partial charge in [0.25, 0.3) is 5.91 Å². The Balaban J connectivity index is 1.88. The molecular weight excluding hydrogens is 268 g/mol. The maximum absolute atomic E-state index is 12.6. The van der Waals surface area contributed by atoms with Crippen LogP contribution < -0.4 is 5.56 Å². The quantitative estimate of drug-likeness (QED) is 0.895. The highest BCUT2D eigenvalue weighted by Crippen LogP contribution is 2.28. The van der Waals surface area contributed by atoms with E-state index in [1.807, 2.05) is 18.2 Å². The van der Waals surface area contributed by atoms with Gasteiger partial charge < -0.3 is 15.0 Å². The van der Waals surface area contributed by atoms with Gasteiger partial charge in [-0.3, -0.25) is 9.59 Å². The number of amides is 1. The molecule has 0 saturated heterocycles. The maximum Gasteiger partial charge on any atom is 0.254 e. The number of rotatable bonds is 3. The minimum atomic E-state index is -0.274. The molecule has 0 unspecified atom stereocenters. The highest BCUT2D eigenvalue weighted by atomic mass is 16.3. The van der Waals surface area contributed by atoms with Crippen molar-refractivity contribution in [1.82, 2.24) is 9.88 Å². The third-order valence-corrected chi connectivity index (χ3v) is 4.07. The van der Waals surface area contributed by atoms with Crippen molar-refractivity contribution >= 4 is 16.8 Å². The molecule has 3 rings (SSSR count). The van der Waals surface area contributed by atoms with Crippen molar-refractivity contribution < 1.29 is 9.90 Å². The van der Waals surface area contributed by atoms with Crippen molar-refractivity contribution in [3.05, 3.63) is 46.2 Å². The Morgan fingerprint density at radius 1 is 1.38 bits per heavy atom. The summed E-state index contributed by atoms with van der Waals surface area (Å²) in [6.07, 6.45) is 1.26. The number of carbonyl (C=O) groups excluding carboxylic acids is 1. The number of H-pyrrole nitrogens is 1. The molecule has 0 aliphatic heterocycles. The molecule has 5 heteroatoms. The van der Waals surface area contributed by atoms with Crippen LogP contribution in [0.25, 0.3) is 10.9 Å². The van der Waals surface area contributed by atoms with Crippen molar-refractivity contribution in [2.24, 2.45) is 5.92 Å². The zero-order valence-corrected chi connectivity index (χ0v) is 11.9. The molecule has 1 aliphatic carbocycles. The normalized spacial score (nSPS) is 21.0. The second kappa shape index (κ2) is 5.33. The Labute approximate surface area is 122 Å². The van der Waals surface area contributed by atoms with Crippen molar-refractivity contribution in [2.75, 3.05) is 13.6 Å². The van der Waals surface area contributed by atoms with Gasteiger partial charge in [0.1, 0.15) is 0 Å². The summed E-state index contributed by atoms with van der Waals surface area (Å²) in [5.41, 5.74) is 0.821. The summed E-state index contributed by atoms with van der Waals surface area (Å²) < 4.78 is 0. The van der Waals surface area contributed by atoms with E-state index in [0.717, 1.165) is 18.2 Å². The topological polar surface area (TPSA) is 73.4 Å². The SMILES string of the molecule is CN(CC1CC(O)C1)C(=O)c1cc(=O)[nH]c2ccccc12. The molecule has 1 heterocycles. The van der Waals surface area contributed by atoms with Gasteiger partial charge in [-0.2, -0.15) is 0 Å². The maximum atomic E-state index is 12.6. The van der Waals surface area contributed by atoms with Crippen molar-refractivity contribution in [1.29, 1.82) is 0 Å². The van der Waals surface area contributed by atoms with Crippen LogP contribution in [0.15, 0.2) is 35.1 Å². The first-order valence-electron chi connectivity index (χ1n) is 7.10. The minimum Gasteiger partial charge on any atom is -0.393 e. The van der Waals surface area contributed by atoms with E-state index in [4.69, 9.17) is 0 Å². The lowest BCUT2D eigenvalue weighted by molar-refractivity contribution is 0.0266. The number of fused-ring (bicyclic) bond motifs is 1. The number of carbonyl (C=O) groups is 1. The number of aromatic amines is 1. The highest BCUT2D eigenvalue weighted by molar-refractivity contribution is 6.05. The van der Waals surface area contributed by atoms with Crippen LogP contribution in [-0.4, -0.2) is 40.6 Å². The van der Waals surface area contributed by atoms with Gasteiger partial charge >= 0.3 is 0 Å². The number of aliphatic hydroxyl groups is 1. The summed E-state index contributed by atoms with van der Waals surface area (Å²) >= 11 is 0. The monoisotopic (exact) mass is 286 g/mol. The molecule has 1 amide bonds. The first kappa shape index (κ1) is 13.8. The van der Waals surface area contributed by atoms with Crippen molar-refractivity contribution in [3.63, 3.8) is 0 Å². The van der Waals surface area contributed by atoms with Crippen LogP contribution in [0.3, 0.4) is 0 Å². The third kappa shape index (κ3) is 2.69. The molecule has 1 fully saturated rings. The largest absolute Gasteiger partial charge is 0.393 e. The number of benzene rings is 1. The lowest BCUT2D eigenvalue weighted by Gasteiger charge is -2.34. The van der Waals surface area contributed by atoms with E-state index in [-0.39, 0.29) is 17.6 Å². The van der Waals surface area contributed by atoms with E-state index in [0.29, 0.717) is 23.5 Å². The van der Waals surface area contributed by atoms with E-state index in [2.05, 4.69) is 4.98 Å². The molecule has 1 saturated carbocycles. The van der Waals surface area contributed by atoms with Crippen LogP contribution in [0, 0.1) is 5.92 Å². The number of aromatic nitrogens is 1. The molecule has 1 aliphatic rings. The van der Waals surface area contributed by atoms with E-state index < -0.39 is 0 Å². The second-order valence-corrected chi connectivity index (χ2v) is 5.77. The van der Waals surface area contributed by atoms with Gasteiger partial charge in [0.05, 0.1) is 11.7 Å². The molecule has 1 aromatic carbocycles. The number of pyridine rings is 1. The van der Waals surface area contributed by atoms with Crippen LogP contribution in [0.1, 0.15) is 23.2 Å². The molecule has 2 aromatic rings. The van der Waals surface area contributed by atoms with E-state index in [1.54, 1.807) is 18.0 Å². The highest BCUT2D eigenvalue weighted by Gasteiger charge is 2.29. The first-order chi connectivity index (χ1) is 10.0. The van der Waals surface area contributed by atoms with Gasteiger partial charge in [0.2, 0.25) is 5.56 Å². The fourth-order valence-corrected chi connectivity index (χ4v) is 2.91. The fraction of sp³-hybridized carbons (Fsp3) is 0.375.